The number of aromatic nitrogens is 2. The molecule has 146 valence electrons. The number of benzene rings is 1. The molecular formula is C20H28ClN5O. The molecule has 27 heavy (non-hydrogen) atoms. The van der Waals surface area contributed by atoms with E-state index in [2.05, 4.69) is 32.2 Å². The molecule has 0 saturated carbocycles. The minimum Gasteiger partial charge on any atom is -0.355 e. The van der Waals surface area contributed by atoms with Crippen LogP contribution in [-0.2, 0) is 17.9 Å². The number of carbonyl (C=O) groups excluding carboxylic acids is 1. The monoisotopic (exact) mass is 389 g/mol. The lowest BCUT2D eigenvalue weighted by atomic mass is 10.2. The summed E-state index contributed by atoms with van der Waals surface area (Å²) in [5.74, 6) is 1.05. The van der Waals surface area contributed by atoms with Crippen molar-refractivity contribution in [1.82, 2.24) is 24.7 Å². The summed E-state index contributed by atoms with van der Waals surface area (Å²) >= 11 is 5.94. The number of piperazine rings is 1. The molecule has 0 bridgehead atoms. The fourth-order valence-electron chi connectivity index (χ4n) is 3.32. The Morgan fingerprint density at radius 1 is 1.11 bits per heavy atom. The second-order valence-corrected chi connectivity index (χ2v) is 7.45. The standard InChI is InChI=1S/C20H28ClN5O/c1-17-22-8-11-26(17)9-6-20(27)23-7-10-24-12-14-25(15-13-24)16-18-2-4-19(21)5-3-18/h2-5,8,11H,6-7,9-10,12-16H2,1H3,(H,23,27). The van der Waals surface area contributed by atoms with Crippen LogP contribution in [-0.4, -0.2) is 64.5 Å². The first-order chi connectivity index (χ1) is 13.1. The first kappa shape index (κ1) is 19.9. The predicted octanol–water partition coefficient (Wildman–Crippen LogP) is 2.17. The minimum atomic E-state index is 0.101. The van der Waals surface area contributed by atoms with E-state index >= 15 is 0 Å². The second kappa shape index (κ2) is 9.88. The van der Waals surface area contributed by atoms with Crippen molar-refractivity contribution in [3.63, 3.8) is 0 Å². The van der Waals surface area contributed by atoms with Gasteiger partial charge in [-0.05, 0) is 24.6 Å². The maximum absolute atomic E-state index is 12.0. The topological polar surface area (TPSA) is 53.4 Å². The van der Waals surface area contributed by atoms with E-state index in [9.17, 15) is 4.79 Å². The molecule has 0 atom stereocenters. The van der Waals surface area contributed by atoms with E-state index in [1.165, 1.54) is 5.56 Å². The van der Waals surface area contributed by atoms with Crippen LogP contribution >= 0.6 is 11.6 Å². The summed E-state index contributed by atoms with van der Waals surface area (Å²) in [4.78, 5) is 21.0. The van der Waals surface area contributed by atoms with Crippen molar-refractivity contribution >= 4 is 17.5 Å². The average molecular weight is 390 g/mol. The van der Waals surface area contributed by atoms with Gasteiger partial charge in [0.15, 0.2) is 0 Å². The summed E-state index contributed by atoms with van der Waals surface area (Å²) in [6.45, 7) is 9.40. The highest BCUT2D eigenvalue weighted by atomic mass is 35.5. The first-order valence-electron chi connectivity index (χ1n) is 9.54. The Morgan fingerprint density at radius 2 is 1.81 bits per heavy atom. The molecule has 1 saturated heterocycles. The molecule has 1 fully saturated rings. The normalized spacial score (nSPS) is 15.8. The van der Waals surface area contributed by atoms with Gasteiger partial charge in [0.25, 0.3) is 0 Å². The highest BCUT2D eigenvalue weighted by molar-refractivity contribution is 6.30. The van der Waals surface area contributed by atoms with Crippen LogP contribution in [0.5, 0.6) is 0 Å². The molecule has 0 aliphatic carbocycles. The van der Waals surface area contributed by atoms with Crippen LogP contribution in [0.15, 0.2) is 36.7 Å². The third-order valence-electron chi connectivity index (χ3n) is 5.04. The fourth-order valence-corrected chi connectivity index (χ4v) is 3.45. The largest absolute Gasteiger partial charge is 0.355 e. The Labute approximate surface area is 166 Å². The number of nitrogens with zero attached hydrogens (tertiary/aromatic N) is 4. The van der Waals surface area contributed by atoms with Crippen molar-refractivity contribution in [2.24, 2.45) is 0 Å². The molecule has 2 aromatic rings. The van der Waals surface area contributed by atoms with E-state index in [1.54, 1.807) is 6.20 Å². The van der Waals surface area contributed by atoms with Gasteiger partial charge in [0, 0.05) is 76.2 Å². The maximum atomic E-state index is 12.0. The van der Waals surface area contributed by atoms with Crippen LogP contribution in [0.25, 0.3) is 0 Å². The summed E-state index contributed by atoms with van der Waals surface area (Å²) in [5, 5.41) is 3.81. The number of amides is 1. The molecule has 7 heteroatoms. The third kappa shape index (κ3) is 6.34. The number of rotatable bonds is 8. The van der Waals surface area contributed by atoms with Crippen molar-refractivity contribution in [3.8, 4) is 0 Å². The van der Waals surface area contributed by atoms with E-state index in [1.807, 2.05) is 29.8 Å². The molecule has 1 aliphatic heterocycles. The smallest absolute Gasteiger partial charge is 0.221 e. The molecule has 1 amide bonds. The zero-order valence-corrected chi connectivity index (χ0v) is 16.7. The summed E-state index contributed by atoms with van der Waals surface area (Å²) < 4.78 is 2.00. The van der Waals surface area contributed by atoms with Gasteiger partial charge in [0.2, 0.25) is 5.91 Å². The van der Waals surface area contributed by atoms with Gasteiger partial charge in [-0.25, -0.2) is 4.98 Å². The van der Waals surface area contributed by atoms with Crippen molar-refractivity contribution in [2.75, 3.05) is 39.3 Å². The van der Waals surface area contributed by atoms with Gasteiger partial charge in [-0.3, -0.25) is 14.6 Å². The van der Waals surface area contributed by atoms with Crippen LogP contribution in [0, 0.1) is 6.92 Å². The average Bonchev–Trinajstić information content (AvgIpc) is 3.08. The van der Waals surface area contributed by atoms with E-state index in [0.29, 0.717) is 19.5 Å². The number of halogens is 1. The Bertz CT molecular complexity index is 722. The number of carbonyl (C=O) groups is 1. The molecule has 0 radical (unpaired) electrons. The van der Waals surface area contributed by atoms with E-state index in [-0.39, 0.29) is 5.91 Å². The quantitative estimate of drug-likeness (QED) is 0.751. The number of hydrogen-bond acceptors (Lipinski definition) is 4. The number of aryl methyl sites for hydroxylation is 2. The highest BCUT2D eigenvalue weighted by Gasteiger charge is 2.16. The van der Waals surface area contributed by atoms with Crippen LogP contribution in [0.2, 0.25) is 5.02 Å². The molecule has 1 aromatic carbocycles. The molecule has 0 unspecified atom stereocenters. The molecule has 2 heterocycles. The van der Waals surface area contributed by atoms with E-state index in [0.717, 1.165) is 50.1 Å². The SMILES string of the molecule is Cc1nccn1CCC(=O)NCCN1CCN(Cc2ccc(Cl)cc2)CC1. The summed E-state index contributed by atoms with van der Waals surface area (Å²) in [5.41, 5.74) is 1.30. The van der Waals surface area contributed by atoms with Gasteiger partial charge in [-0.15, -0.1) is 0 Å². The zero-order valence-electron chi connectivity index (χ0n) is 15.9. The van der Waals surface area contributed by atoms with Gasteiger partial charge < -0.3 is 9.88 Å². The van der Waals surface area contributed by atoms with Crippen LogP contribution in [0.1, 0.15) is 17.8 Å². The summed E-state index contributed by atoms with van der Waals surface area (Å²) in [6, 6.07) is 8.08. The molecule has 3 rings (SSSR count). The van der Waals surface area contributed by atoms with Gasteiger partial charge in [0.05, 0.1) is 0 Å². The number of nitrogens with one attached hydrogen (secondary N) is 1. The van der Waals surface area contributed by atoms with Gasteiger partial charge in [-0.1, -0.05) is 23.7 Å². The molecule has 1 N–H and O–H groups in total. The van der Waals surface area contributed by atoms with Gasteiger partial charge in [0.1, 0.15) is 5.82 Å². The van der Waals surface area contributed by atoms with E-state index in [4.69, 9.17) is 11.6 Å². The molecule has 1 aliphatic rings. The Balaban J connectivity index is 1.28. The predicted molar refractivity (Wildman–Crippen MR) is 108 cm³/mol. The van der Waals surface area contributed by atoms with Crippen molar-refractivity contribution < 1.29 is 4.79 Å². The van der Waals surface area contributed by atoms with Gasteiger partial charge in [-0.2, -0.15) is 0 Å². The first-order valence-corrected chi connectivity index (χ1v) is 9.91. The van der Waals surface area contributed by atoms with Crippen molar-refractivity contribution in [2.45, 2.75) is 26.4 Å². The number of hydrogen-bond donors (Lipinski definition) is 1. The fraction of sp³-hybridized carbons (Fsp3) is 0.500. The number of imidazole rings is 1. The summed E-state index contributed by atoms with van der Waals surface area (Å²) in [7, 11) is 0. The van der Waals surface area contributed by atoms with Crippen molar-refractivity contribution in [3.05, 3.63) is 53.1 Å². The summed E-state index contributed by atoms with van der Waals surface area (Å²) in [6.07, 6.45) is 4.16. The van der Waals surface area contributed by atoms with Gasteiger partial charge >= 0.3 is 0 Å². The molecular weight excluding hydrogens is 362 g/mol. The Morgan fingerprint density at radius 3 is 2.48 bits per heavy atom. The zero-order chi connectivity index (χ0) is 19.1. The van der Waals surface area contributed by atoms with E-state index < -0.39 is 0 Å². The molecule has 0 spiro atoms. The lowest BCUT2D eigenvalue weighted by Crippen LogP contribution is -2.48. The third-order valence-corrected chi connectivity index (χ3v) is 5.29. The highest BCUT2D eigenvalue weighted by Crippen LogP contribution is 2.12. The Kier molecular flexibility index (Phi) is 7.26. The van der Waals surface area contributed by atoms with Crippen LogP contribution in [0.4, 0.5) is 0 Å². The lowest BCUT2D eigenvalue weighted by Gasteiger charge is -2.34. The second-order valence-electron chi connectivity index (χ2n) is 7.01. The molecule has 6 nitrogen and oxygen atoms in total. The van der Waals surface area contributed by atoms with Crippen LogP contribution in [0.3, 0.4) is 0 Å². The maximum Gasteiger partial charge on any atom is 0.221 e. The Hall–Kier alpha value is -1.89. The van der Waals surface area contributed by atoms with Crippen molar-refractivity contribution in [1.29, 1.82) is 0 Å². The molecule has 1 aromatic heterocycles. The lowest BCUT2D eigenvalue weighted by molar-refractivity contribution is -0.121. The minimum absolute atomic E-state index is 0.101. The van der Waals surface area contributed by atoms with Crippen LogP contribution < -0.4 is 5.32 Å².